The number of carboxylic acid groups (broad SMARTS) is 1. The molecule has 0 bridgehead atoms. The number of carbonyl (C=O) groups is 4. The van der Waals surface area contributed by atoms with Crippen LogP contribution >= 0.6 is 0 Å². The van der Waals surface area contributed by atoms with Gasteiger partial charge in [-0.2, -0.15) is 4.90 Å². The van der Waals surface area contributed by atoms with Gasteiger partial charge in [-0.25, -0.2) is 4.79 Å². The van der Waals surface area contributed by atoms with E-state index in [0.717, 1.165) is 10.3 Å². The van der Waals surface area contributed by atoms with Crippen LogP contribution in [-0.4, -0.2) is 45.3 Å². The Morgan fingerprint density at radius 2 is 1.26 bits per heavy atom. The van der Waals surface area contributed by atoms with Crippen LogP contribution in [0.5, 0.6) is 0 Å². The molecule has 0 saturated carbocycles. The number of benzene rings is 4. The molecule has 4 aromatic rings. The highest BCUT2D eigenvalue weighted by atomic mass is 16.4. The fraction of sp³-hybridized carbons (Fsp3) is 0.0714. The van der Waals surface area contributed by atoms with Crippen LogP contribution < -0.4 is 0 Å². The van der Waals surface area contributed by atoms with Gasteiger partial charge in [-0.05, 0) is 28.0 Å². The van der Waals surface area contributed by atoms with Crippen LogP contribution in [0, 0.1) is 0 Å². The van der Waals surface area contributed by atoms with Gasteiger partial charge < -0.3 is 5.11 Å². The standard InChI is InChI=1S/C28H20N2O5/c31-24(32)18-29-27(35)30(25(33)23-17-9-11-19-10-7-8-16-22(19)23)26(34)28(29,20-12-3-1-4-13-20)21-14-5-2-6-15-21/h1-17H,18H2,(H,31,32). The van der Waals surface area contributed by atoms with Gasteiger partial charge in [0.15, 0.2) is 5.54 Å². The number of nitrogens with zero attached hydrogens (tertiary/aromatic N) is 2. The monoisotopic (exact) mass is 464 g/mol. The predicted molar refractivity (Wildman–Crippen MR) is 129 cm³/mol. The van der Waals surface area contributed by atoms with E-state index in [2.05, 4.69) is 0 Å². The first kappa shape index (κ1) is 22.0. The highest BCUT2D eigenvalue weighted by molar-refractivity contribution is 6.25. The molecule has 4 aromatic carbocycles. The Kier molecular flexibility index (Phi) is 5.37. The molecule has 0 unspecified atom stereocenters. The average molecular weight is 464 g/mol. The molecule has 1 heterocycles. The Labute approximate surface area is 200 Å². The molecule has 0 radical (unpaired) electrons. The van der Waals surface area contributed by atoms with E-state index in [1.165, 1.54) is 0 Å². The summed E-state index contributed by atoms with van der Waals surface area (Å²) in [5.41, 5.74) is -0.867. The fourth-order valence-corrected chi connectivity index (χ4v) is 4.75. The molecule has 0 aliphatic carbocycles. The topological polar surface area (TPSA) is 95.0 Å². The van der Waals surface area contributed by atoms with Gasteiger partial charge in [0.25, 0.3) is 11.8 Å². The van der Waals surface area contributed by atoms with Crippen molar-refractivity contribution in [3.63, 3.8) is 0 Å². The first-order chi connectivity index (χ1) is 17.0. The van der Waals surface area contributed by atoms with Gasteiger partial charge in [-0.15, -0.1) is 0 Å². The van der Waals surface area contributed by atoms with Crippen LogP contribution in [0.15, 0.2) is 103 Å². The first-order valence-corrected chi connectivity index (χ1v) is 11.0. The molecule has 1 aliphatic rings. The number of amides is 4. The lowest BCUT2D eigenvalue weighted by molar-refractivity contribution is -0.139. The first-order valence-electron chi connectivity index (χ1n) is 11.0. The Morgan fingerprint density at radius 3 is 1.86 bits per heavy atom. The summed E-state index contributed by atoms with van der Waals surface area (Å²) < 4.78 is 0. The molecule has 0 aromatic heterocycles. The second kappa shape index (κ2) is 8.53. The minimum absolute atomic E-state index is 0.178. The summed E-state index contributed by atoms with van der Waals surface area (Å²) in [5, 5.41) is 11.0. The van der Waals surface area contributed by atoms with Crippen molar-refractivity contribution in [3.8, 4) is 0 Å². The van der Waals surface area contributed by atoms with E-state index in [9.17, 15) is 24.3 Å². The van der Waals surface area contributed by atoms with E-state index >= 15 is 0 Å². The number of hydrogen-bond donors (Lipinski definition) is 1. The normalized spacial score (nSPS) is 15.0. The van der Waals surface area contributed by atoms with E-state index < -0.39 is 35.9 Å². The maximum absolute atomic E-state index is 14.2. The van der Waals surface area contributed by atoms with Gasteiger partial charge in [-0.1, -0.05) is 97.1 Å². The second-order valence-electron chi connectivity index (χ2n) is 8.18. The van der Waals surface area contributed by atoms with E-state index in [-0.39, 0.29) is 5.56 Å². The van der Waals surface area contributed by atoms with Crippen LogP contribution in [0.2, 0.25) is 0 Å². The van der Waals surface area contributed by atoms with Crippen LogP contribution in [0.1, 0.15) is 21.5 Å². The summed E-state index contributed by atoms with van der Waals surface area (Å²) in [6.07, 6.45) is 0. The maximum Gasteiger partial charge on any atom is 0.335 e. The lowest BCUT2D eigenvalue weighted by Crippen LogP contribution is -2.49. The van der Waals surface area contributed by atoms with E-state index in [1.54, 1.807) is 84.9 Å². The number of fused-ring (bicyclic) bond motifs is 1. The summed E-state index contributed by atoms with van der Waals surface area (Å²) in [5.74, 6) is -2.93. The van der Waals surface area contributed by atoms with Crippen molar-refractivity contribution in [1.29, 1.82) is 0 Å². The lowest BCUT2D eigenvalue weighted by Gasteiger charge is -2.35. The van der Waals surface area contributed by atoms with Crippen molar-refractivity contribution in [2.75, 3.05) is 6.54 Å². The molecule has 4 amide bonds. The van der Waals surface area contributed by atoms with Crippen molar-refractivity contribution < 1.29 is 24.3 Å². The van der Waals surface area contributed by atoms with Crippen molar-refractivity contribution in [3.05, 3.63) is 120 Å². The molecule has 35 heavy (non-hydrogen) atoms. The van der Waals surface area contributed by atoms with E-state index in [0.29, 0.717) is 21.4 Å². The molecule has 7 heteroatoms. The quantitative estimate of drug-likeness (QED) is 0.352. The number of hydrogen-bond acceptors (Lipinski definition) is 4. The molecule has 7 nitrogen and oxygen atoms in total. The van der Waals surface area contributed by atoms with Crippen molar-refractivity contribution in [2.45, 2.75) is 5.54 Å². The summed E-state index contributed by atoms with van der Waals surface area (Å²) in [6, 6.07) is 28.2. The van der Waals surface area contributed by atoms with Crippen molar-refractivity contribution in [2.24, 2.45) is 0 Å². The second-order valence-corrected chi connectivity index (χ2v) is 8.18. The molecule has 0 spiro atoms. The average Bonchev–Trinajstić information content (AvgIpc) is 3.10. The van der Waals surface area contributed by atoms with Gasteiger partial charge in [-0.3, -0.25) is 19.3 Å². The summed E-state index contributed by atoms with van der Waals surface area (Å²) in [4.78, 5) is 55.1. The predicted octanol–water partition coefficient (Wildman–Crippen LogP) is 4.27. The summed E-state index contributed by atoms with van der Waals surface area (Å²) in [7, 11) is 0. The third-order valence-corrected chi connectivity index (χ3v) is 6.24. The van der Waals surface area contributed by atoms with E-state index in [4.69, 9.17) is 0 Å². The smallest absolute Gasteiger partial charge is 0.335 e. The highest BCUT2D eigenvalue weighted by Crippen LogP contribution is 2.43. The molecule has 0 atom stereocenters. The van der Waals surface area contributed by atoms with Gasteiger partial charge in [0.2, 0.25) is 0 Å². The molecular weight excluding hydrogens is 444 g/mol. The summed E-state index contributed by atoms with van der Waals surface area (Å²) in [6.45, 7) is -0.770. The number of carbonyl (C=O) groups excluding carboxylic acids is 3. The van der Waals surface area contributed by atoms with Gasteiger partial charge >= 0.3 is 12.0 Å². The third kappa shape index (κ3) is 3.36. The fourth-order valence-electron chi connectivity index (χ4n) is 4.75. The zero-order valence-electron chi connectivity index (χ0n) is 18.5. The molecule has 1 aliphatic heterocycles. The van der Waals surface area contributed by atoms with E-state index in [1.807, 2.05) is 18.2 Å². The van der Waals surface area contributed by atoms with Crippen molar-refractivity contribution in [1.82, 2.24) is 9.80 Å². The van der Waals surface area contributed by atoms with Crippen LogP contribution in [0.4, 0.5) is 4.79 Å². The van der Waals surface area contributed by atoms with Crippen molar-refractivity contribution >= 4 is 34.6 Å². The Bertz CT molecular complexity index is 1420. The maximum atomic E-state index is 14.2. The molecular formula is C28H20N2O5. The zero-order valence-corrected chi connectivity index (χ0v) is 18.5. The Morgan fingerprint density at radius 1 is 0.714 bits per heavy atom. The summed E-state index contributed by atoms with van der Waals surface area (Å²) >= 11 is 0. The Balaban J connectivity index is 1.75. The van der Waals surface area contributed by atoms with Crippen LogP contribution in [-0.2, 0) is 15.1 Å². The Hall–Kier alpha value is -4.78. The number of imide groups is 3. The number of carboxylic acids is 1. The van der Waals surface area contributed by atoms with Crippen LogP contribution in [0.25, 0.3) is 10.8 Å². The SMILES string of the molecule is O=C(O)CN1C(=O)N(C(=O)c2cccc3ccccc23)C(=O)C1(c1ccccc1)c1ccccc1. The third-order valence-electron chi connectivity index (χ3n) is 6.24. The highest BCUT2D eigenvalue weighted by Gasteiger charge is 2.61. The minimum Gasteiger partial charge on any atom is -0.480 e. The molecule has 1 fully saturated rings. The molecule has 1 saturated heterocycles. The number of urea groups is 1. The molecule has 1 N–H and O–H groups in total. The lowest BCUT2D eigenvalue weighted by atomic mass is 9.81. The largest absolute Gasteiger partial charge is 0.480 e. The number of aliphatic carboxylic acids is 1. The van der Waals surface area contributed by atoms with Gasteiger partial charge in [0.1, 0.15) is 6.54 Å². The van der Waals surface area contributed by atoms with Crippen LogP contribution in [0.3, 0.4) is 0 Å². The van der Waals surface area contributed by atoms with Gasteiger partial charge in [0, 0.05) is 5.56 Å². The molecule has 172 valence electrons. The molecule has 5 rings (SSSR count). The zero-order chi connectivity index (χ0) is 24.6. The minimum atomic E-state index is -1.82. The number of rotatable bonds is 5. The van der Waals surface area contributed by atoms with Gasteiger partial charge in [0.05, 0.1) is 0 Å².